The standard InChI is InChI=1S/C14H15F3N2O4/c1-8-5-19(6-10(8)13(21)22)12(20)9-2-3-18-11(4-9)23-7-14(15,16)17/h2-4,8,10H,5-7H2,1H3,(H,21,22)/t8-,10-/m1/s1. The Morgan fingerprint density at radius 2 is 2.13 bits per heavy atom. The summed E-state index contributed by atoms with van der Waals surface area (Å²) in [5.41, 5.74) is 0.107. The average Bonchev–Trinajstić information content (AvgIpc) is 2.86. The number of halogens is 3. The highest BCUT2D eigenvalue weighted by atomic mass is 19.4. The number of hydrogen-bond acceptors (Lipinski definition) is 4. The van der Waals surface area contributed by atoms with E-state index in [-0.39, 0.29) is 30.5 Å². The molecule has 0 saturated carbocycles. The van der Waals surface area contributed by atoms with Crippen LogP contribution in [0, 0.1) is 11.8 Å². The molecular formula is C14H15F3N2O4. The van der Waals surface area contributed by atoms with E-state index >= 15 is 0 Å². The van der Waals surface area contributed by atoms with Gasteiger partial charge in [0, 0.05) is 30.9 Å². The van der Waals surface area contributed by atoms with Gasteiger partial charge in [-0.2, -0.15) is 13.2 Å². The molecule has 1 aromatic heterocycles. The highest BCUT2D eigenvalue weighted by molar-refractivity contribution is 5.95. The van der Waals surface area contributed by atoms with Crippen molar-refractivity contribution in [2.75, 3.05) is 19.7 Å². The highest BCUT2D eigenvalue weighted by Gasteiger charge is 2.37. The van der Waals surface area contributed by atoms with Gasteiger partial charge in [-0.25, -0.2) is 4.98 Å². The van der Waals surface area contributed by atoms with Gasteiger partial charge in [-0.05, 0) is 12.0 Å². The van der Waals surface area contributed by atoms with Gasteiger partial charge in [-0.1, -0.05) is 6.92 Å². The largest absolute Gasteiger partial charge is 0.481 e. The minimum atomic E-state index is -4.50. The number of rotatable bonds is 4. The number of carboxylic acids is 1. The maximum Gasteiger partial charge on any atom is 0.422 e. The van der Waals surface area contributed by atoms with Crippen molar-refractivity contribution in [2.24, 2.45) is 11.8 Å². The molecule has 1 amide bonds. The van der Waals surface area contributed by atoms with Crippen molar-refractivity contribution >= 4 is 11.9 Å². The fourth-order valence-electron chi connectivity index (χ4n) is 2.41. The first kappa shape index (κ1) is 17.0. The lowest BCUT2D eigenvalue weighted by Gasteiger charge is -2.16. The summed E-state index contributed by atoms with van der Waals surface area (Å²) < 4.78 is 40.9. The second-order valence-electron chi connectivity index (χ2n) is 5.42. The molecule has 2 heterocycles. The van der Waals surface area contributed by atoms with Crippen LogP contribution < -0.4 is 4.74 Å². The minimum Gasteiger partial charge on any atom is -0.481 e. The number of nitrogens with zero attached hydrogens (tertiary/aromatic N) is 2. The molecular weight excluding hydrogens is 317 g/mol. The number of likely N-dealkylation sites (tertiary alicyclic amines) is 1. The molecule has 126 valence electrons. The molecule has 1 aliphatic rings. The Morgan fingerprint density at radius 3 is 2.70 bits per heavy atom. The molecule has 2 rings (SSSR count). The van der Waals surface area contributed by atoms with Crippen LogP contribution in [-0.4, -0.2) is 52.7 Å². The summed E-state index contributed by atoms with van der Waals surface area (Å²) in [5.74, 6) is -2.59. The Labute approximate surface area is 129 Å². The number of amides is 1. The highest BCUT2D eigenvalue weighted by Crippen LogP contribution is 2.25. The van der Waals surface area contributed by atoms with E-state index < -0.39 is 30.6 Å². The normalized spacial score (nSPS) is 21.3. The molecule has 0 spiro atoms. The van der Waals surface area contributed by atoms with Crippen LogP contribution in [-0.2, 0) is 4.79 Å². The van der Waals surface area contributed by atoms with Gasteiger partial charge in [0.25, 0.3) is 5.91 Å². The zero-order valence-corrected chi connectivity index (χ0v) is 12.2. The lowest BCUT2D eigenvalue weighted by atomic mass is 9.99. The number of carbonyl (C=O) groups excluding carboxylic acids is 1. The lowest BCUT2D eigenvalue weighted by molar-refractivity contribution is -0.154. The van der Waals surface area contributed by atoms with E-state index in [1.807, 2.05) is 0 Å². The molecule has 0 radical (unpaired) electrons. The molecule has 23 heavy (non-hydrogen) atoms. The first-order chi connectivity index (χ1) is 10.7. The van der Waals surface area contributed by atoms with Crippen LogP contribution in [0.2, 0.25) is 0 Å². The molecule has 1 aliphatic heterocycles. The summed E-state index contributed by atoms with van der Waals surface area (Å²) >= 11 is 0. The average molecular weight is 332 g/mol. The van der Waals surface area contributed by atoms with Crippen LogP contribution in [0.15, 0.2) is 18.3 Å². The van der Waals surface area contributed by atoms with Crippen molar-refractivity contribution in [2.45, 2.75) is 13.1 Å². The van der Waals surface area contributed by atoms with Crippen molar-refractivity contribution < 1.29 is 32.6 Å². The Morgan fingerprint density at radius 1 is 1.43 bits per heavy atom. The van der Waals surface area contributed by atoms with E-state index in [2.05, 4.69) is 9.72 Å². The van der Waals surface area contributed by atoms with Gasteiger partial charge in [0.2, 0.25) is 5.88 Å². The third-order valence-corrected chi connectivity index (χ3v) is 3.58. The number of aromatic nitrogens is 1. The van der Waals surface area contributed by atoms with Crippen molar-refractivity contribution in [1.82, 2.24) is 9.88 Å². The Bertz CT molecular complexity index is 606. The van der Waals surface area contributed by atoms with E-state index in [0.29, 0.717) is 0 Å². The van der Waals surface area contributed by atoms with E-state index in [1.165, 1.54) is 17.2 Å². The maximum absolute atomic E-state index is 12.3. The number of hydrogen-bond donors (Lipinski definition) is 1. The quantitative estimate of drug-likeness (QED) is 0.910. The summed E-state index contributed by atoms with van der Waals surface area (Å²) in [7, 11) is 0. The van der Waals surface area contributed by atoms with Crippen molar-refractivity contribution in [3.8, 4) is 5.88 Å². The molecule has 1 N–H and O–H groups in total. The summed E-state index contributed by atoms with van der Waals surface area (Å²) in [6.07, 6.45) is -3.33. The summed E-state index contributed by atoms with van der Waals surface area (Å²) in [6, 6.07) is 2.47. The van der Waals surface area contributed by atoms with E-state index in [9.17, 15) is 22.8 Å². The van der Waals surface area contributed by atoms with Crippen LogP contribution in [0.5, 0.6) is 5.88 Å². The number of carbonyl (C=O) groups is 2. The zero-order valence-electron chi connectivity index (χ0n) is 12.2. The van der Waals surface area contributed by atoms with E-state index in [0.717, 1.165) is 6.07 Å². The van der Waals surface area contributed by atoms with Crippen LogP contribution in [0.1, 0.15) is 17.3 Å². The molecule has 0 aliphatic carbocycles. The third-order valence-electron chi connectivity index (χ3n) is 3.58. The maximum atomic E-state index is 12.3. The van der Waals surface area contributed by atoms with Crippen LogP contribution in [0.4, 0.5) is 13.2 Å². The third kappa shape index (κ3) is 4.33. The molecule has 0 aromatic carbocycles. The summed E-state index contributed by atoms with van der Waals surface area (Å²) in [4.78, 5) is 28.4. The topological polar surface area (TPSA) is 79.7 Å². The molecule has 2 atom stereocenters. The van der Waals surface area contributed by atoms with Crippen molar-refractivity contribution in [3.63, 3.8) is 0 Å². The second kappa shape index (κ2) is 6.43. The van der Waals surface area contributed by atoms with Gasteiger partial charge in [0.05, 0.1) is 5.92 Å². The van der Waals surface area contributed by atoms with Crippen molar-refractivity contribution in [3.05, 3.63) is 23.9 Å². The van der Waals surface area contributed by atoms with Gasteiger partial charge in [0.15, 0.2) is 6.61 Å². The smallest absolute Gasteiger partial charge is 0.422 e. The van der Waals surface area contributed by atoms with Gasteiger partial charge < -0.3 is 14.7 Å². The SMILES string of the molecule is C[C@@H]1CN(C(=O)c2ccnc(OCC(F)(F)F)c2)C[C@H]1C(=O)O. The number of pyridine rings is 1. The molecule has 0 bridgehead atoms. The zero-order chi connectivity index (χ0) is 17.2. The first-order valence-electron chi connectivity index (χ1n) is 6.85. The van der Waals surface area contributed by atoms with Gasteiger partial charge in [-0.3, -0.25) is 9.59 Å². The predicted octanol–water partition coefficient (Wildman–Crippen LogP) is 1.82. The monoisotopic (exact) mass is 332 g/mol. The van der Waals surface area contributed by atoms with Gasteiger partial charge in [0.1, 0.15) is 0 Å². The van der Waals surface area contributed by atoms with Crippen LogP contribution in [0.25, 0.3) is 0 Å². The predicted molar refractivity (Wildman–Crippen MR) is 72.0 cm³/mol. The Kier molecular flexibility index (Phi) is 4.76. The number of aliphatic carboxylic acids is 1. The number of ether oxygens (including phenoxy) is 1. The first-order valence-corrected chi connectivity index (χ1v) is 6.85. The second-order valence-corrected chi connectivity index (χ2v) is 5.42. The van der Waals surface area contributed by atoms with E-state index in [4.69, 9.17) is 5.11 Å². The lowest BCUT2D eigenvalue weighted by Crippen LogP contribution is -2.30. The number of carboxylic acid groups (broad SMARTS) is 1. The van der Waals surface area contributed by atoms with Gasteiger partial charge >= 0.3 is 12.1 Å². The fourth-order valence-corrected chi connectivity index (χ4v) is 2.41. The van der Waals surface area contributed by atoms with Gasteiger partial charge in [-0.15, -0.1) is 0 Å². The molecule has 9 heteroatoms. The molecule has 6 nitrogen and oxygen atoms in total. The molecule has 0 unspecified atom stereocenters. The molecule has 1 fully saturated rings. The van der Waals surface area contributed by atoms with Crippen LogP contribution >= 0.6 is 0 Å². The van der Waals surface area contributed by atoms with E-state index in [1.54, 1.807) is 6.92 Å². The molecule has 1 aromatic rings. The van der Waals surface area contributed by atoms with Crippen molar-refractivity contribution in [1.29, 1.82) is 0 Å². The molecule has 1 saturated heterocycles. The summed E-state index contributed by atoms with van der Waals surface area (Å²) in [5, 5.41) is 9.07. The minimum absolute atomic E-state index is 0.0659. The Balaban J connectivity index is 2.07. The summed E-state index contributed by atoms with van der Waals surface area (Å²) in [6.45, 7) is 0.573. The number of alkyl halides is 3. The van der Waals surface area contributed by atoms with Crippen LogP contribution in [0.3, 0.4) is 0 Å². The Hall–Kier alpha value is -2.32. The fraction of sp³-hybridized carbons (Fsp3) is 0.500.